The predicted octanol–water partition coefficient (Wildman–Crippen LogP) is 8.00. The van der Waals surface area contributed by atoms with Crippen molar-refractivity contribution in [3.8, 4) is 0 Å². The van der Waals surface area contributed by atoms with Gasteiger partial charge in [-0.1, -0.05) is 61.3 Å². The zero-order valence-electron chi connectivity index (χ0n) is 26.2. The Morgan fingerprint density at radius 3 is 2.48 bits per heavy atom. The first kappa shape index (κ1) is 33.7. The van der Waals surface area contributed by atoms with E-state index in [0.717, 1.165) is 55.2 Å². The Morgan fingerprint density at radius 1 is 1.12 bits per heavy atom. The van der Waals surface area contributed by atoms with Crippen LogP contribution in [-0.4, -0.2) is 46.0 Å². The van der Waals surface area contributed by atoms with Gasteiger partial charge in [0.25, 0.3) is 10.1 Å². The normalized spacial score (nSPS) is 24.9. The Bertz CT molecular complexity index is 1310. The fraction of sp³-hybridized carbons (Fsp3) is 0.559. The van der Waals surface area contributed by atoms with Crippen LogP contribution in [0.2, 0.25) is 0 Å². The van der Waals surface area contributed by atoms with Gasteiger partial charge in [0, 0.05) is 13.5 Å². The molecule has 0 aromatic heterocycles. The zero-order chi connectivity index (χ0) is 30.9. The van der Waals surface area contributed by atoms with Crippen LogP contribution in [0.25, 0.3) is 0 Å². The highest BCUT2D eigenvalue weighted by Crippen LogP contribution is 2.52. The summed E-state index contributed by atoms with van der Waals surface area (Å²) in [6.07, 6.45) is 12.3. The Labute approximate surface area is 253 Å². The molecule has 0 bridgehead atoms. The minimum absolute atomic E-state index is 0.0167. The number of aryl methyl sites for hydroxylation is 1. The summed E-state index contributed by atoms with van der Waals surface area (Å²) in [6, 6.07) is 6.54. The minimum atomic E-state index is -3.84. The minimum Gasteiger partial charge on any atom is -0.512 e. The number of aliphatic imine (C=N–C) groups is 1. The van der Waals surface area contributed by atoms with Crippen molar-refractivity contribution >= 4 is 16.2 Å². The second-order valence-electron chi connectivity index (χ2n) is 11.9. The first-order chi connectivity index (χ1) is 19.9. The molecule has 0 fully saturated rings. The van der Waals surface area contributed by atoms with Gasteiger partial charge in [-0.3, -0.25) is 4.18 Å². The Hall–Kier alpha value is -2.84. The summed E-state index contributed by atoms with van der Waals surface area (Å²) in [4.78, 5) is 4.36. The van der Waals surface area contributed by atoms with Gasteiger partial charge in [-0.15, -0.1) is 0 Å². The molecule has 42 heavy (non-hydrogen) atoms. The van der Waals surface area contributed by atoms with E-state index >= 15 is 0 Å². The molecular weight excluding hydrogens is 550 g/mol. The van der Waals surface area contributed by atoms with Crippen LogP contribution in [0.5, 0.6) is 0 Å². The van der Waals surface area contributed by atoms with E-state index in [-0.39, 0.29) is 36.0 Å². The first-order valence-corrected chi connectivity index (χ1v) is 16.5. The lowest BCUT2D eigenvalue weighted by molar-refractivity contribution is 0.00166. The standard InChI is InChI=1S/C34H49NO6S/c1-8-9-10-12-27-22-31(36)34(6,30-21-26(5)15-18-29(30)24(2)3)32(23-27)41-33(35-7)39-19-11-20-40-42(37,38)28-16-13-25(4)14-17-28/h13-14,16-17,21-23,29-30,32,36H,2,8-12,15,18-20H2,1,3-7H3/b35-33-/t29-,30+,32?,34?/m0/s1. The zero-order valence-corrected chi connectivity index (χ0v) is 27.0. The monoisotopic (exact) mass is 599 g/mol. The van der Waals surface area contributed by atoms with Crippen LogP contribution >= 0.6 is 0 Å². The van der Waals surface area contributed by atoms with Gasteiger partial charge in [0.2, 0.25) is 0 Å². The first-order valence-electron chi connectivity index (χ1n) is 15.1. The third-order valence-electron chi connectivity index (χ3n) is 8.44. The second kappa shape index (κ2) is 15.1. The molecule has 4 atom stereocenters. The van der Waals surface area contributed by atoms with Crippen LogP contribution in [0, 0.1) is 24.2 Å². The van der Waals surface area contributed by atoms with Crippen LogP contribution in [0.3, 0.4) is 0 Å². The molecule has 1 aromatic carbocycles. The van der Waals surface area contributed by atoms with Crippen molar-refractivity contribution in [2.24, 2.45) is 22.2 Å². The van der Waals surface area contributed by atoms with Crippen molar-refractivity contribution in [2.75, 3.05) is 20.3 Å². The van der Waals surface area contributed by atoms with Crippen LogP contribution in [0.15, 0.2) is 81.4 Å². The molecule has 2 aliphatic carbocycles. The largest absolute Gasteiger partial charge is 0.512 e. The third-order valence-corrected chi connectivity index (χ3v) is 9.77. The summed E-state index contributed by atoms with van der Waals surface area (Å²) in [5.74, 6) is 0.483. The molecule has 2 aliphatic rings. The van der Waals surface area contributed by atoms with E-state index in [2.05, 4.69) is 51.4 Å². The number of ether oxygens (including phenoxy) is 2. The Kier molecular flexibility index (Phi) is 12.1. The molecule has 2 unspecified atom stereocenters. The molecule has 3 rings (SSSR count). The number of aliphatic hydroxyl groups is 1. The van der Waals surface area contributed by atoms with Crippen LogP contribution in [-0.2, 0) is 23.8 Å². The van der Waals surface area contributed by atoms with Gasteiger partial charge in [-0.2, -0.15) is 8.42 Å². The number of nitrogens with zero attached hydrogens (tertiary/aromatic N) is 1. The summed E-state index contributed by atoms with van der Waals surface area (Å²) >= 11 is 0. The quantitative estimate of drug-likeness (QED) is 0.0812. The molecule has 232 valence electrons. The number of hydrogen-bond acceptors (Lipinski definition) is 7. The fourth-order valence-corrected chi connectivity index (χ4v) is 6.72. The number of benzene rings is 1. The highest BCUT2D eigenvalue weighted by atomic mass is 32.2. The van der Waals surface area contributed by atoms with E-state index in [0.29, 0.717) is 12.2 Å². The molecule has 1 N–H and O–H groups in total. The van der Waals surface area contributed by atoms with Crippen molar-refractivity contribution < 1.29 is 27.2 Å². The molecule has 0 radical (unpaired) electrons. The van der Waals surface area contributed by atoms with Crippen LogP contribution in [0.1, 0.15) is 78.2 Å². The second-order valence-corrected chi connectivity index (χ2v) is 13.5. The molecule has 0 saturated heterocycles. The number of aliphatic hydroxyl groups excluding tert-OH is 1. The Balaban J connectivity index is 1.73. The molecule has 1 aromatic rings. The van der Waals surface area contributed by atoms with Gasteiger partial charge in [-0.05, 0) is 95.1 Å². The maximum absolute atomic E-state index is 12.5. The average molecular weight is 600 g/mol. The lowest BCUT2D eigenvalue weighted by Gasteiger charge is -2.47. The van der Waals surface area contributed by atoms with Gasteiger partial charge in [0.1, 0.15) is 11.9 Å². The van der Waals surface area contributed by atoms with E-state index < -0.39 is 21.6 Å². The molecular formula is C34H49NO6S. The van der Waals surface area contributed by atoms with E-state index in [1.807, 2.05) is 13.0 Å². The van der Waals surface area contributed by atoms with Crippen molar-refractivity contribution in [3.63, 3.8) is 0 Å². The molecule has 8 heteroatoms. The topological polar surface area (TPSA) is 94.4 Å². The molecule has 0 heterocycles. The summed E-state index contributed by atoms with van der Waals surface area (Å²) in [7, 11) is -2.25. The SMILES string of the molecule is C=C(C)[C@@H]1CCC(C)=C[C@H]1C1(C)C(O)=CC(CCCCC)=CC1O/C(=N\C)OCCCOS(=O)(=O)c1ccc(C)cc1. The summed E-state index contributed by atoms with van der Waals surface area (Å²) in [6.45, 7) is 14.7. The molecule has 0 aliphatic heterocycles. The Morgan fingerprint density at radius 2 is 1.83 bits per heavy atom. The van der Waals surface area contributed by atoms with Gasteiger partial charge in [0.15, 0.2) is 0 Å². The number of unbranched alkanes of at least 4 members (excludes halogenated alkanes) is 2. The summed E-state index contributed by atoms with van der Waals surface area (Å²) in [5, 5.41) is 11.6. The third kappa shape index (κ3) is 8.38. The number of allylic oxidation sites excluding steroid dienone is 5. The van der Waals surface area contributed by atoms with Gasteiger partial charge >= 0.3 is 6.08 Å². The summed E-state index contributed by atoms with van der Waals surface area (Å²) in [5.41, 5.74) is 3.64. The van der Waals surface area contributed by atoms with E-state index in [9.17, 15) is 13.5 Å². The van der Waals surface area contributed by atoms with Crippen LogP contribution < -0.4 is 0 Å². The molecule has 7 nitrogen and oxygen atoms in total. The van der Waals surface area contributed by atoms with Gasteiger partial charge < -0.3 is 14.6 Å². The highest BCUT2D eigenvalue weighted by molar-refractivity contribution is 7.86. The summed E-state index contributed by atoms with van der Waals surface area (Å²) < 4.78 is 42.5. The number of hydrogen-bond donors (Lipinski definition) is 1. The molecule has 0 saturated carbocycles. The maximum atomic E-state index is 12.5. The predicted molar refractivity (Wildman–Crippen MR) is 169 cm³/mol. The van der Waals surface area contributed by atoms with Crippen molar-refractivity contribution in [1.82, 2.24) is 0 Å². The van der Waals surface area contributed by atoms with E-state index in [1.54, 1.807) is 19.2 Å². The van der Waals surface area contributed by atoms with Crippen molar-refractivity contribution in [1.29, 1.82) is 0 Å². The molecule has 0 spiro atoms. The fourth-order valence-electron chi connectivity index (χ4n) is 5.78. The van der Waals surface area contributed by atoms with E-state index in [1.165, 1.54) is 17.7 Å². The smallest absolute Gasteiger partial charge is 0.383 e. The lowest BCUT2D eigenvalue weighted by Crippen LogP contribution is -2.47. The maximum Gasteiger partial charge on any atom is 0.383 e. The van der Waals surface area contributed by atoms with Gasteiger partial charge in [-0.25, -0.2) is 4.99 Å². The highest BCUT2D eigenvalue weighted by Gasteiger charge is 2.50. The van der Waals surface area contributed by atoms with Crippen LogP contribution in [0.4, 0.5) is 0 Å². The number of rotatable bonds is 13. The van der Waals surface area contributed by atoms with Gasteiger partial charge in [0.05, 0.1) is 23.5 Å². The molecule has 0 amide bonds. The van der Waals surface area contributed by atoms with Crippen molar-refractivity contribution in [2.45, 2.75) is 90.6 Å². The average Bonchev–Trinajstić information content (AvgIpc) is 2.94. The van der Waals surface area contributed by atoms with E-state index in [4.69, 9.17) is 13.7 Å². The van der Waals surface area contributed by atoms with Crippen molar-refractivity contribution in [3.05, 3.63) is 77.1 Å². The lowest BCUT2D eigenvalue weighted by atomic mass is 9.59.